The molecule has 0 bridgehead atoms. The monoisotopic (exact) mass is 413 g/mol. The van der Waals surface area contributed by atoms with Crippen molar-refractivity contribution >= 4 is 51.3 Å². The molecule has 3 heterocycles. The molecule has 28 heavy (non-hydrogen) atoms. The van der Waals surface area contributed by atoms with E-state index in [9.17, 15) is 9.59 Å². The van der Waals surface area contributed by atoms with Gasteiger partial charge in [0.2, 0.25) is 0 Å². The van der Waals surface area contributed by atoms with Crippen molar-refractivity contribution in [2.45, 2.75) is 40.9 Å². The van der Waals surface area contributed by atoms with Crippen LogP contribution >= 0.6 is 23.1 Å². The first-order valence-corrected chi connectivity index (χ1v) is 10.6. The maximum Gasteiger partial charge on any atom is 0.349 e. The van der Waals surface area contributed by atoms with Crippen LogP contribution in [-0.2, 0) is 19.1 Å². The second-order valence-electron chi connectivity index (χ2n) is 6.66. The topological polar surface area (TPSA) is 78.6 Å². The molecule has 0 unspecified atom stereocenters. The van der Waals surface area contributed by atoms with Gasteiger partial charge in [0.15, 0.2) is 9.43 Å². The van der Waals surface area contributed by atoms with Crippen LogP contribution in [0.3, 0.4) is 0 Å². The summed E-state index contributed by atoms with van der Waals surface area (Å²) in [7, 11) is 0. The van der Waals surface area contributed by atoms with Crippen LogP contribution < -0.4 is 0 Å². The van der Waals surface area contributed by atoms with Crippen LogP contribution in [0.15, 0.2) is 55.8 Å². The summed E-state index contributed by atoms with van der Waals surface area (Å²) in [4.78, 5) is 29.2. The van der Waals surface area contributed by atoms with E-state index in [0.717, 1.165) is 27.4 Å². The van der Waals surface area contributed by atoms with Crippen molar-refractivity contribution in [3.05, 3.63) is 47.7 Å². The molecule has 1 saturated heterocycles. The van der Waals surface area contributed by atoms with Gasteiger partial charge in [-0.1, -0.05) is 12.1 Å². The molecule has 1 aromatic carbocycles. The highest BCUT2D eigenvalue weighted by atomic mass is 32.2. The lowest BCUT2D eigenvalue weighted by molar-refractivity contribution is -0.232. The van der Waals surface area contributed by atoms with Gasteiger partial charge in [0.1, 0.15) is 11.3 Å². The molecule has 1 aliphatic carbocycles. The van der Waals surface area contributed by atoms with Crippen molar-refractivity contribution in [3.8, 4) is 0 Å². The lowest BCUT2D eigenvalue weighted by atomic mass is 10.1. The van der Waals surface area contributed by atoms with Crippen molar-refractivity contribution in [1.29, 1.82) is 0 Å². The van der Waals surface area contributed by atoms with Crippen LogP contribution in [0, 0.1) is 0 Å². The molecule has 8 heteroatoms. The smallest absolute Gasteiger partial charge is 0.349 e. The number of para-hydroxylation sites is 1. The van der Waals surface area contributed by atoms with E-state index < -0.39 is 17.7 Å². The third kappa shape index (κ3) is 3.22. The second-order valence-corrected chi connectivity index (χ2v) is 8.94. The van der Waals surface area contributed by atoms with Gasteiger partial charge in [-0.05, 0) is 48.9 Å². The number of nitrogens with zero attached hydrogens (tertiary/aromatic N) is 1. The molecule has 3 aromatic rings. The minimum atomic E-state index is -1.07. The summed E-state index contributed by atoms with van der Waals surface area (Å²) in [6, 6.07) is 11.4. The molecule has 5 rings (SSSR count). The number of rotatable bonds is 3. The van der Waals surface area contributed by atoms with Gasteiger partial charge in [0.05, 0.1) is 10.2 Å². The Kier molecular flexibility index (Phi) is 4.25. The zero-order chi connectivity index (χ0) is 19.1. The number of thiazole rings is 1. The number of hydrogen-bond donors (Lipinski definition) is 0. The average Bonchev–Trinajstić information content (AvgIpc) is 3.38. The average molecular weight is 413 g/mol. The number of hydrogen-bond acceptors (Lipinski definition) is 8. The molecule has 0 N–H and O–H groups in total. The van der Waals surface area contributed by atoms with Crippen molar-refractivity contribution < 1.29 is 23.5 Å². The summed E-state index contributed by atoms with van der Waals surface area (Å²) in [5.74, 6) is -2.00. The van der Waals surface area contributed by atoms with Crippen molar-refractivity contribution in [2.75, 3.05) is 0 Å². The summed E-state index contributed by atoms with van der Waals surface area (Å²) in [5, 5.41) is 0.621. The van der Waals surface area contributed by atoms with Crippen molar-refractivity contribution in [3.63, 3.8) is 0 Å². The van der Waals surface area contributed by atoms with E-state index >= 15 is 0 Å². The van der Waals surface area contributed by atoms with Gasteiger partial charge in [-0.3, -0.25) is 0 Å². The molecule has 2 aliphatic rings. The second kappa shape index (κ2) is 6.79. The standard InChI is InChI=1S/C20H15NO5S2/c22-17-13(18(23)26-20(25-17)9-3-4-10-20)11-12-7-8-16(24-12)28-19-21-14-5-1-2-6-15(14)27-19/h1-2,5-8,11H,3-4,9-10H2. The zero-order valence-corrected chi connectivity index (χ0v) is 16.3. The number of carbonyl (C=O) groups excluding carboxylic acids is 2. The number of ether oxygens (including phenoxy) is 2. The molecule has 0 radical (unpaired) electrons. The van der Waals surface area contributed by atoms with Gasteiger partial charge in [-0.25, -0.2) is 14.6 Å². The summed E-state index contributed by atoms with van der Waals surface area (Å²) >= 11 is 2.97. The molecule has 0 amide bonds. The number of benzene rings is 1. The number of aromatic nitrogens is 1. The molecule has 6 nitrogen and oxygen atoms in total. The molecule has 0 atom stereocenters. The fourth-order valence-electron chi connectivity index (χ4n) is 3.38. The Hall–Kier alpha value is -2.58. The first-order valence-electron chi connectivity index (χ1n) is 8.92. The lowest BCUT2D eigenvalue weighted by Gasteiger charge is -2.32. The first kappa shape index (κ1) is 17.5. The molecule has 142 valence electrons. The Morgan fingerprint density at radius 3 is 2.54 bits per heavy atom. The quantitative estimate of drug-likeness (QED) is 0.347. The molecular formula is C20H15NO5S2. The third-order valence-corrected chi connectivity index (χ3v) is 6.73. The van der Waals surface area contributed by atoms with Crippen LogP contribution in [0.5, 0.6) is 0 Å². The summed E-state index contributed by atoms with van der Waals surface area (Å²) in [5.41, 5.74) is 0.792. The van der Waals surface area contributed by atoms with Gasteiger partial charge in [-0.2, -0.15) is 0 Å². The Morgan fingerprint density at radius 1 is 1.04 bits per heavy atom. The molecular weight excluding hydrogens is 398 g/mol. The maximum atomic E-state index is 12.3. The molecule has 1 spiro atoms. The summed E-state index contributed by atoms with van der Waals surface area (Å²) in [6.07, 6.45) is 4.24. The Balaban J connectivity index is 1.34. The highest BCUT2D eigenvalue weighted by molar-refractivity contribution is 8.01. The Bertz CT molecular complexity index is 1050. The molecule has 2 fully saturated rings. The van der Waals surface area contributed by atoms with E-state index in [1.54, 1.807) is 23.5 Å². The SMILES string of the molecule is O=C1OC2(CCCC2)OC(=O)C1=Cc1ccc(Sc2nc3ccccc3s2)o1. The van der Waals surface area contributed by atoms with Gasteiger partial charge >= 0.3 is 11.9 Å². The fourth-order valence-corrected chi connectivity index (χ4v) is 5.35. The van der Waals surface area contributed by atoms with Crippen LogP contribution in [0.2, 0.25) is 0 Å². The van der Waals surface area contributed by atoms with Crippen molar-refractivity contribution in [1.82, 2.24) is 4.98 Å². The Morgan fingerprint density at radius 2 is 1.79 bits per heavy atom. The first-order chi connectivity index (χ1) is 13.6. The summed E-state index contributed by atoms with van der Waals surface area (Å²) in [6.45, 7) is 0. The van der Waals surface area contributed by atoms with E-state index in [1.165, 1.54) is 17.8 Å². The Labute approximate surface area is 168 Å². The van der Waals surface area contributed by atoms with Gasteiger partial charge in [0, 0.05) is 18.9 Å². The molecule has 1 aliphatic heterocycles. The van der Waals surface area contributed by atoms with Gasteiger partial charge < -0.3 is 13.9 Å². The minimum absolute atomic E-state index is 0.150. The highest BCUT2D eigenvalue weighted by Gasteiger charge is 2.48. The normalized spacial score (nSPS) is 18.5. The summed E-state index contributed by atoms with van der Waals surface area (Å²) < 4.78 is 18.5. The number of fused-ring (bicyclic) bond motifs is 1. The van der Waals surface area contributed by atoms with E-state index in [-0.39, 0.29) is 5.57 Å². The predicted molar refractivity (Wildman–Crippen MR) is 104 cm³/mol. The predicted octanol–water partition coefficient (Wildman–Crippen LogP) is 4.79. The number of furan rings is 1. The fraction of sp³-hybridized carbons (Fsp3) is 0.250. The van der Waals surface area contributed by atoms with Crippen molar-refractivity contribution in [2.24, 2.45) is 0 Å². The van der Waals surface area contributed by atoms with Crippen LogP contribution in [-0.4, -0.2) is 22.7 Å². The largest absolute Gasteiger partial charge is 0.450 e. The van der Waals surface area contributed by atoms with E-state index in [1.807, 2.05) is 24.3 Å². The van der Waals surface area contributed by atoms with Gasteiger partial charge in [0.25, 0.3) is 5.79 Å². The van der Waals surface area contributed by atoms with Gasteiger partial charge in [-0.15, -0.1) is 11.3 Å². The maximum absolute atomic E-state index is 12.3. The zero-order valence-electron chi connectivity index (χ0n) is 14.7. The highest BCUT2D eigenvalue weighted by Crippen LogP contribution is 2.39. The van der Waals surface area contributed by atoms with Crippen LogP contribution in [0.25, 0.3) is 16.3 Å². The van der Waals surface area contributed by atoms with Crippen LogP contribution in [0.1, 0.15) is 31.4 Å². The number of esters is 2. The van der Waals surface area contributed by atoms with E-state index in [4.69, 9.17) is 13.9 Å². The van der Waals surface area contributed by atoms with Crippen LogP contribution in [0.4, 0.5) is 0 Å². The van der Waals surface area contributed by atoms with E-state index in [2.05, 4.69) is 4.98 Å². The third-order valence-electron chi connectivity index (χ3n) is 4.71. The molecule has 1 saturated carbocycles. The lowest BCUT2D eigenvalue weighted by Crippen LogP contribution is -2.44. The van der Waals surface area contributed by atoms with E-state index in [0.29, 0.717) is 23.7 Å². The molecule has 2 aromatic heterocycles. The minimum Gasteiger partial charge on any atom is -0.450 e. The number of carbonyl (C=O) groups is 2.